The number of alkyl halides is 9. The fourth-order valence-corrected chi connectivity index (χ4v) is 5.94. The molecule has 0 aliphatic carbocycles. The van der Waals surface area contributed by atoms with Gasteiger partial charge >= 0.3 is 36.6 Å². The first-order valence-electron chi connectivity index (χ1n) is 16.8. The molecule has 1 aromatic heterocycles. The van der Waals surface area contributed by atoms with Gasteiger partial charge in [-0.3, -0.25) is 9.69 Å². The van der Waals surface area contributed by atoms with Crippen LogP contribution in [0.4, 0.5) is 50.3 Å². The van der Waals surface area contributed by atoms with Crippen molar-refractivity contribution in [3.05, 3.63) is 70.3 Å². The first-order valence-corrected chi connectivity index (χ1v) is 16.8. The lowest BCUT2D eigenvalue weighted by atomic mass is 9.86. The van der Waals surface area contributed by atoms with E-state index >= 15 is 0 Å². The van der Waals surface area contributed by atoms with Crippen LogP contribution in [0.5, 0.6) is 5.75 Å². The van der Waals surface area contributed by atoms with Crippen molar-refractivity contribution in [1.29, 1.82) is 0 Å². The molecule has 0 fully saturated rings. The lowest BCUT2D eigenvalue weighted by molar-refractivity contribution is -0.197. The highest BCUT2D eigenvalue weighted by Gasteiger charge is 2.62. The predicted octanol–water partition coefficient (Wildman–Crippen LogP) is 7.01. The molecule has 21 heteroatoms. The number of dihydropyridines is 1. The molecule has 1 amide bonds. The van der Waals surface area contributed by atoms with E-state index in [1.54, 1.807) is 13.8 Å². The summed E-state index contributed by atoms with van der Waals surface area (Å²) in [6.07, 6.45) is -15.1. The topological polar surface area (TPSA) is 152 Å². The van der Waals surface area contributed by atoms with E-state index in [-0.39, 0.29) is 68.7 Å². The molecule has 3 heterocycles. The van der Waals surface area contributed by atoms with Crippen LogP contribution in [-0.4, -0.2) is 81.6 Å². The second-order valence-corrected chi connectivity index (χ2v) is 12.3. The molecule has 0 saturated carbocycles. The van der Waals surface area contributed by atoms with Crippen molar-refractivity contribution in [2.75, 3.05) is 25.1 Å². The highest BCUT2D eigenvalue weighted by molar-refractivity contribution is 5.85. The van der Waals surface area contributed by atoms with Gasteiger partial charge in [-0.15, -0.1) is 0 Å². The number of carboxylic acid groups (broad SMARTS) is 1. The number of nitrogens with zero attached hydrogens (tertiary/aromatic N) is 3. The number of nitrogens with one attached hydrogen (secondary N) is 2. The summed E-state index contributed by atoms with van der Waals surface area (Å²) in [6.45, 7) is 4.59. The molecule has 1 aromatic carbocycles. The van der Waals surface area contributed by atoms with Crippen LogP contribution in [0.2, 0.25) is 0 Å². The van der Waals surface area contributed by atoms with Crippen LogP contribution >= 0.6 is 0 Å². The molecular formula is C34H36F9N5O7. The number of carbonyl (C=O) groups is 3. The van der Waals surface area contributed by atoms with E-state index in [0.29, 0.717) is 18.2 Å². The zero-order valence-electron chi connectivity index (χ0n) is 29.4. The molecule has 4 rings (SSSR count). The molecule has 2 aliphatic rings. The number of aliphatic carboxylic acids is 1. The Morgan fingerprint density at radius 1 is 0.982 bits per heavy atom. The van der Waals surface area contributed by atoms with Crippen LogP contribution < -0.4 is 15.4 Å². The molecular weight excluding hydrogens is 761 g/mol. The number of hydrogen-bond acceptors (Lipinski definition) is 10. The van der Waals surface area contributed by atoms with Crippen molar-refractivity contribution in [2.45, 2.75) is 89.0 Å². The predicted molar refractivity (Wildman–Crippen MR) is 173 cm³/mol. The standard InChI is InChI=1S/C34H36F9N5O7/c1-4-21-16-23(27-24(48(21)30(52)54-6-3)9-10-31(47-27,28(50)51)34(41,42)43)46-29-44-17-25(55-11-7-8-26(49)53-5-2)22(45-29)14-18-12-19(32(35,36)37)15-20(13-18)33(38,39)40/h9-10,12-13,15,17,21,23,47H,4-8,11,14,16H2,1-3H3,(H,50,51)(H,44,45,46)/t21-,23+,31?/m1/s1. The van der Waals surface area contributed by atoms with Crippen LogP contribution in [0, 0.1) is 0 Å². The minimum atomic E-state index is -5.40. The van der Waals surface area contributed by atoms with Crippen molar-refractivity contribution in [2.24, 2.45) is 0 Å². The summed E-state index contributed by atoms with van der Waals surface area (Å²) in [5, 5.41) is 14.6. The minimum Gasteiger partial charge on any atom is -0.490 e. The van der Waals surface area contributed by atoms with E-state index in [1.165, 1.54) is 6.92 Å². The van der Waals surface area contributed by atoms with Crippen molar-refractivity contribution >= 4 is 24.0 Å². The second-order valence-electron chi connectivity index (χ2n) is 12.3. The van der Waals surface area contributed by atoms with Crippen molar-refractivity contribution in [3.8, 4) is 5.75 Å². The number of allylic oxidation sites excluding steroid dienone is 1. The van der Waals surface area contributed by atoms with Gasteiger partial charge in [0.05, 0.1) is 60.3 Å². The zero-order chi connectivity index (χ0) is 40.9. The molecule has 3 N–H and O–H groups in total. The molecule has 3 atom stereocenters. The first kappa shape index (κ1) is 42.5. The average Bonchev–Trinajstić information content (AvgIpc) is 3.09. The maximum absolute atomic E-state index is 14.4. The molecule has 2 aromatic rings. The van der Waals surface area contributed by atoms with E-state index in [1.807, 2.05) is 5.32 Å². The molecule has 1 unspecified atom stereocenters. The number of hydrogen-bond donors (Lipinski definition) is 3. The minimum absolute atomic E-state index is 0.0505. The number of carbonyl (C=O) groups excluding carboxylic acids is 2. The fourth-order valence-electron chi connectivity index (χ4n) is 5.94. The molecule has 0 spiro atoms. The summed E-state index contributed by atoms with van der Waals surface area (Å²) in [7, 11) is 0. The molecule has 12 nitrogen and oxygen atoms in total. The van der Waals surface area contributed by atoms with Gasteiger partial charge < -0.3 is 30.0 Å². The quantitative estimate of drug-likeness (QED) is 0.109. The summed E-state index contributed by atoms with van der Waals surface area (Å²) in [5.74, 6) is -3.46. The third kappa shape index (κ3) is 9.71. The van der Waals surface area contributed by atoms with Crippen LogP contribution in [0.25, 0.3) is 0 Å². The summed E-state index contributed by atoms with van der Waals surface area (Å²) in [5.41, 5.74) is -8.16. The second kappa shape index (κ2) is 16.6. The third-order valence-corrected chi connectivity index (χ3v) is 8.54. The Balaban J connectivity index is 1.80. The number of halogens is 9. The van der Waals surface area contributed by atoms with Crippen molar-refractivity contribution in [1.82, 2.24) is 20.2 Å². The van der Waals surface area contributed by atoms with Gasteiger partial charge in [-0.2, -0.15) is 39.5 Å². The SMILES string of the molecule is CCOC(=O)CCCOc1cnc(N[C@H]2C[C@@H](CC)N(C(=O)OCC)C3=C2NC(C(=O)O)(C(F)(F)F)C=C3)nc1Cc1cc(C(F)(F)F)cc(C(F)(F)F)c1. The summed E-state index contributed by atoms with van der Waals surface area (Å²) >= 11 is 0. The van der Waals surface area contributed by atoms with Gasteiger partial charge in [0, 0.05) is 18.9 Å². The lowest BCUT2D eigenvalue weighted by Crippen LogP contribution is -2.65. The number of esters is 1. The highest BCUT2D eigenvalue weighted by atomic mass is 19.4. The number of benzene rings is 1. The van der Waals surface area contributed by atoms with Crippen LogP contribution in [0.1, 0.15) is 68.8 Å². The maximum atomic E-state index is 14.4. The number of anilines is 1. The Morgan fingerprint density at radius 3 is 2.16 bits per heavy atom. The highest BCUT2D eigenvalue weighted by Crippen LogP contribution is 2.41. The molecule has 0 saturated heterocycles. The molecule has 55 heavy (non-hydrogen) atoms. The maximum Gasteiger partial charge on any atom is 0.426 e. The normalized spacial score (nSPS) is 20.0. The van der Waals surface area contributed by atoms with Gasteiger partial charge in [-0.25, -0.2) is 19.6 Å². The Labute approximate surface area is 307 Å². The zero-order valence-corrected chi connectivity index (χ0v) is 29.4. The van der Waals surface area contributed by atoms with Crippen LogP contribution in [0.15, 0.2) is 47.9 Å². The molecule has 0 radical (unpaired) electrons. The third-order valence-electron chi connectivity index (χ3n) is 8.54. The van der Waals surface area contributed by atoms with Crippen molar-refractivity contribution in [3.63, 3.8) is 0 Å². The number of carboxylic acids is 1. The van der Waals surface area contributed by atoms with Crippen LogP contribution in [0.3, 0.4) is 0 Å². The largest absolute Gasteiger partial charge is 0.490 e. The molecule has 2 aliphatic heterocycles. The number of amides is 1. The van der Waals surface area contributed by atoms with E-state index in [4.69, 9.17) is 14.2 Å². The van der Waals surface area contributed by atoms with E-state index in [9.17, 15) is 59.0 Å². The van der Waals surface area contributed by atoms with E-state index in [2.05, 4.69) is 15.3 Å². The fraction of sp³-hybridized carbons (Fsp3) is 0.500. The lowest BCUT2D eigenvalue weighted by Gasteiger charge is -2.45. The van der Waals surface area contributed by atoms with Gasteiger partial charge in [-0.1, -0.05) is 6.92 Å². The monoisotopic (exact) mass is 797 g/mol. The molecule has 0 bridgehead atoms. The van der Waals surface area contributed by atoms with Gasteiger partial charge in [0.2, 0.25) is 5.95 Å². The van der Waals surface area contributed by atoms with Crippen LogP contribution in [-0.2, 0) is 37.8 Å². The summed E-state index contributed by atoms with van der Waals surface area (Å²) in [4.78, 5) is 46.4. The number of ether oxygens (including phenoxy) is 3. The average molecular weight is 798 g/mol. The first-order chi connectivity index (χ1) is 25.6. The summed E-state index contributed by atoms with van der Waals surface area (Å²) in [6, 6.07) is -1.08. The Kier molecular flexibility index (Phi) is 12.9. The van der Waals surface area contributed by atoms with E-state index < -0.39 is 88.9 Å². The van der Waals surface area contributed by atoms with Crippen molar-refractivity contribution < 1.29 is 73.2 Å². The smallest absolute Gasteiger partial charge is 0.426 e. The molecule has 302 valence electrons. The number of rotatable bonds is 13. The van der Waals surface area contributed by atoms with E-state index in [0.717, 1.165) is 17.2 Å². The van der Waals surface area contributed by atoms with Gasteiger partial charge in [0.1, 0.15) is 0 Å². The number of aromatic nitrogens is 2. The van der Waals surface area contributed by atoms with Gasteiger partial charge in [-0.05, 0) is 69.0 Å². The Hall–Kier alpha value is -5.24. The Bertz CT molecular complexity index is 1780. The Morgan fingerprint density at radius 2 is 1.62 bits per heavy atom. The summed E-state index contributed by atoms with van der Waals surface area (Å²) < 4.78 is 141. The van der Waals surface area contributed by atoms with Gasteiger partial charge in [0.25, 0.3) is 5.54 Å². The van der Waals surface area contributed by atoms with Gasteiger partial charge in [0.15, 0.2) is 5.75 Å².